The van der Waals surface area contributed by atoms with Crippen molar-refractivity contribution in [2.24, 2.45) is 0 Å². The number of ether oxygens (including phenoxy) is 2. The zero-order valence-electron chi connectivity index (χ0n) is 8.63. The van der Waals surface area contributed by atoms with Crippen molar-refractivity contribution < 1.29 is 26.9 Å². The van der Waals surface area contributed by atoms with Crippen LogP contribution in [0.2, 0.25) is 0 Å². The first-order valence-electron chi connectivity index (χ1n) is 4.17. The van der Waals surface area contributed by atoms with Gasteiger partial charge in [-0.05, 0) is 18.2 Å². The number of thiol groups is 1. The number of carbonyl (C=O) groups is 1. The van der Waals surface area contributed by atoms with E-state index in [1.807, 2.05) is 0 Å². The van der Waals surface area contributed by atoms with Gasteiger partial charge in [0.15, 0.2) is 11.5 Å². The Hall–Kier alpha value is -1.76. The summed E-state index contributed by atoms with van der Waals surface area (Å²) in [6.45, 7) is 0. The zero-order chi connectivity index (χ0) is 12.1. The van der Waals surface area contributed by atoms with Crippen molar-refractivity contribution in [3.8, 4) is 11.5 Å². The van der Waals surface area contributed by atoms with Crippen LogP contribution in [0, 0.1) is 0 Å². The van der Waals surface area contributed by atoms with Gasteiger partial charge in [-0.25, -0.2) is 4.79 Å². The monoisotopic (exact) mass is 246 g/mol. The van der Waals surface area contributed by atoms with Crippen molar-refractivity contribution >= 4 is 17.0 Å². The van der Waals surface area contributed by atoms with E-state index in [4.69, 9.17) is 4.74 Å². The lowest BCUT2D eigenvalue weighted by molar-refractivity contribution is 0.0600. The lowest BCUT2D eigenvalue weighted by Crippen LogP contribution is -2.02. The molecule has 1 aromatic carbocycles. The fourth-order valence-corrected chi connectivity index (χ4v) is 1.38. The minimum absolute atomic E-state index is 0.0197. The average molecular weight is 246 g/mol. The summed E-state index contributed by atoms with van der Waals surface area (Å²) in [6.07, 6.45) is 0. The van der Waals surface area contributed by atoms with Gasteiger partial charge in [0.1, 0.15) is 0 Å². The molecule has 0 spiro atoms. The van der Waals surface area contributed by atoms with E-state index in [1.165, 1.54) is 32.4 Å². The third-order valence-electron chi connectivity index (χ3n) is 1.76. The quantitative estimate of drug-likeness (QED) is 0.611. The lowest BCUT2D eigenvalue weighted by Gasteiger charge is -2.07. The van der Waals surface area contributed by atoms with Gasteiger partial charge in [0.2, 0.25) is 0 Å². The predicted octanol–water partition coefficient (Wildman–Crippen LogP) is 0.387. The van der Waals surface area contributed by atoms with Crippen molar-refractivity contribution in [2.45, 2.75) is 0 Å². The van der Waals surface area contributed by atoms with E-state index in [9.17, 15) is 13.2 Å². The summed E-state index contributed by atoms with van der Waals surface area (Å²) in [4.78, 5) is 11.2. The van der Waals surface area contributed by atoms with Gasteiger partial charge in [-0.1, -0.05) is 0 Å². The Balaban J connectivity index is 3.10. The molecule has 7 heteroatoms. The molecule has 88 valence electrons. The van der Waals surface area contributed by atoms with Gasteiger partial charge >= 0.3 is 5.97 Å². The summed E-state index contributed by atoms with van der Waals surface area (Å²) >= 11 is 0. The SMILES string of the molecule is COC(=O)c1ccc(O[SH](=O)=O)c(OC)c1. The van der Waals surface area contributed by atoms with E-state index < -0.39 is 17.0 Å². The molecule has 0 N–H and O–H groups in total. The molecule has 0 aliphatic heterocycles. The van der Waals surface area contributed by atoms with E-state index in [0.29, 0.717) is 0 Å². The summed E-state index contributed by atoms with van der Waals surface area (Å²) in [5.41, 5.74) is 0.243. The average Bonchev–Trinajstić information content (AvgIpc) is 2.27. The summed E-state index contributed by atoms with van der Waals surface area (Å²) in [5, 5.41) is 0. The molecule has 0 aliphatic rings. The molecule has 0 bridgehead atoms. The molecule has 1 aromatic rings. The Morgan fingerprint density at radius 2 is 1.88 bits per heavy atom. The molecule has 0 unspecified atom stereocenters. The van der Waals surface area contributed by atoms with Gasteiger partial charge in [-0.3, -0.25) is 0 Å². The van der Waals surface area contributed by atoms with Crippen molar-refractivity contribution in [2.75, 3.05) is 14.2 Å². The number of carbonyl (C=O) groups excluding carboxylic acids is 1. The Labute approximate surface area is 93.9 Å². The van der Waals surface area contributed by atoms with Crippen LogP contribution in [-0.2, 0) is 15.7 Å². The zero-order valence-corrected chi connectivity index (χ0v) is 9.52. The molecule has 16 heavy (non-hydrogen) atoms. The largest absolute Gasteiger partial charge is 0.493 e. The van der Waals surface area contributed by atoms with Crippen LogP contribution in [0.5, 0.6) is 11.5 Å². The van der Waals surface area contributed by atoms with Crippen LogP contribution in [0.15, 0.2) is 18.2 Å². The first-order chi connectivity index (χ1) is 7.58. The maximum absolute atomic E-state index is 11.2. The molecule has 0 radical (unpaired) electrons. The molecule has 0 saturated carbocycles. The minimum atomic E-state index is -3.02. The second-order valence-corrected chi connectivity index (χ2v) is 3.30. The van der Waals surface area contributed by atoms with Crippen LogP contribution in [0.1, 0.15) is 10.4 Å². The topological polar surface area (TPSA) is 78.9 Å². The highest BCUT2D eigenvalue weighted by Gasteiger charge is 2.11. The number of methoxy groups -OCH3 is 2. The molecule has 0 atom stereocenters. The number of hydrogen-bond acceptors (Lipinski definition) is 6. The van der Waals surface area contributed by atoms with Crippen molar-refractivity contribution in [3.05, 3.63) is 23.8 Å². The van der Waals surface area contributed by atoms with E-state index in [0.717, 1.165) is 0 Å². The maximum atomic E-state index is 11.2. The third kappa shape index (κ3) is 2.86. The van der Waals surface area contributed by atoms with Crippen LogP contribution >= 0.6 is 0 Å². The minimum Gasteiger partial charge on any atom is -0.493 e. The maximum Gasteiger partial charge on any atom is 0.337 e. The van der Waals surface area contributed by atoms with Gasteiger partial charge < -0.3 is 13.7 Å². The van der Waals surface area contributed by atoms with Crippen LogP contribution in [0.25, 0.3) is 0 Å². The van der Waals surface area contributed by atoms with Crippen LogP contribution in [-0.4, -0.2) is 28.6 Å². The smallest absolute Gasteiger partial charge is 0.337 e. The Kier molecular flexibility index (Phi) is 4.12. The highest BCUT2D eigenvalue weighted by atomic mass is 32.2. The summed E-state index contributed by atoms with van der Waals surface area (Å²) in [5.74, 6) is -0.385. The fourth-order valence-electron chi connectivity index (χ4n) is 1.07. The molecule has 0 aromatic heterocycles. The Morgan fingerprint density at radius 1 is 1.19 bits per heavy atom. The van der Waals surface area contributed by atoms with Crippen molar-refractivity contribution in [1.82, 2.24) is 0 Å². The van der Waals surface area contributed by atoms with E-state index in [2.05, 4.69) is 8.92 Å². The molecular weight excluding hydrogens is 236 g/mol. The predicted molar refractivity (Wildman–Crippen MR) is 55.3 cm³/mol. The molecule has 6 nitrogen and oxygen atoms in total. The van der Waals surface area contributed by atoms with E-state index in [-0.39, 0.29) is 17.1 Å². The lowest BCUT2D eigenvalue weighted by atomic mass is 10.2. The second kappa shape index (κ2) is 5.36. The van der Waals surface area contributed by atoms with Gasteiger partial charge in [0, 0.05) is 0 Å². The number of rotatable bonds is 4. The Morgan fingerprint density at radius 3 is 2.38 bits per heavy atom. The summed E-state index contributed by atoms with van der Waals surface area (Å²) in [7, 11) is -0.445. The van der Waals surface area contributed by atoms with Crippen LogP contribution in [0.3, 0.4) is 0 Å². The first kappa shape index (κ1) is 12.3. The van der Waals surface area contributed by atoms with Gasteiger partial charge in [-0.15, -0.1) is 0 Å². The number of esters is 1. The molecule has 1 rings (SSSR count). The van der Waals surface area contributed by atoms with Gasteiger partial charge in [0.25, 0.3) is 11.0 Å². The second-order valence-electron chi connectivity index (χ2n) is 2.67. The van der Waals surface area contributed by atoms with Crippen molar-refractivity contribution in [1.29, 1.82) is 0 Å². The first-order valence-corrected chi connectivity index (χ1v) is 5.26. The molecule has 0 aliphatic carbocycles. The Bertz CT molecular complexity index is 457. The van der Waals surface area contributed by atoms with Crippen molar-refractivity contribution in [3.63, 3.8) is 0 Å². The molecule has 0 saturated heterocycles. The molecule has 0 heterocycles. The van der Waals surface area contributed by atoms with Gasteiger partial charge in [0.05, 0.1) is 19.8 Å². The standard InChI is InChI=1S/C9H10O6S/c1-13-8-5-6(9(10)14-2)3-4-7(8)15-16(11)12/h3-5,16H,1-2H3. The normalized spacial score (nSPS) is 9.94. The molecule has 0 amide bonds. The highest BCUT2D eigenvalue weighted by molar-refractivity contribution is 7.67. The highest BCUT2D eigenvalue weighted by Crippen LogP contribution is 2.28. The fraction of sp³-hybridized carbons (Fsp3) is 0.222. The van der Waals surface area contributed by atoms with E-state index >= 15 is 0 Å². The third-order valence-corrected chi connectivity index (χ3v) is 2.10. The number of benzene rings is 1. The van der Waals surface area contributed by atoms with Crippen LogP contribution < -0.4 is 8.92 Å². The van der Waals surface area contributed by atoms with E-state index in [1.54, 1.807) is 0 Å². The summed E-state index contributed by atoms with van der Waals surface area (Å²) in [6, 6.07) is 4.03. The number of hydrogen-bond donors (Lipinski definition) is 1. The van der Waals surface area contributed by atoms with Gasteiger partial charge in [-0.2, -0.15) is 8.42 Å². The van der Waals surface area contributed by atoms with Crippen LogP contribution in [0.4, 0.5) is 0 Å². The molecular formula is C9H10O6S. The summed E-state index contributed by atoms with van der Waals surface area (Å²) < 4.78 is 34.6. The molecule has 0 fully saturated rings.